The zero-order valence-corrected chi connectivity index (χ0v) is 17.9. The van der Waals surface area contributed by atoms with Crippen LogP contribution in [-0.4, -0.2) is 106 Å². The fraction of sp³-hybridized carbons (Fsp3) is 0.778. The Morgan fingerprint density at radius 1 is 1.21 bits per heavy atom. The number of hydrogen-bond acceptors (Lipinski definition) is 7. The maximum Gasteiger partial charge on any atom is 0.220 e. The Hall–Kier alpha value is -1.69. The van der Waals surface area contributed by atoms with Gasteiger partial charge in [-0.3, -0.25) is 9.89 Å². The number of nitrogens with one attached hydrogen (secondary N) is 1. The quantitative estimate of drug-likeness (QED) is 0.345. The highest BCUT2D eigenvalue weighted by atomic mass is 32.2. The first-order valence-electron chi connectivity index (χ1n) is 10.3. The van der Waals surface area contributed by atoms with Gasteiger partial charge in [-0.2, -0.15) is 4.31 Å². The number of nitrogens with zero attached hydrogens (tertiary/aromatic N) is 5. The van der Waals surface area contributed by atoms with E-state index in [9.17, 15) is 8.42 Å². The van der Waals surface area contributed by atoms with Gasteiger partial charge in [-0.15, -0.1) is 0 Å². The van der Waals surface area contributed by atoms with Gasteiger partial charge in [0.1, 0.15) is 12.0 Å². The van der Waals surface area contributed by atoms with Gasteiger partial charge in [0, 0.05) is 65.0 Å². The first-order valence-corrected chi connectivity index (χ1v) is 11.9. The number of hydrogen-bond donors (Lipinski definition) is 1. The number of sulfonamides is 1. The lowest BCUT2D eigenvalue weighted by atomic mass is 10.3. The Kier molecular flexibility index (Phi) is 8.28. The fourth-order valence-electron chi connectivity index (χ4n) is 3.50. The predicted octanol–water partition coefficient (Wildman–Crippen LogP) is -0.190. The number of guanidine groups is 1. The molecule has 164 valence electrons. The molecular formula is C18H32N6O4S. The zero-order valence-electron chi connectivity index (χ0n) is 17.1. The van der Waals surface area contributed by atoms with E-state index in [1.165, 1.54) is 10.6 Å². The number of aromatic nitrogens is 1. The van der Waals surface area contributed by atoms with Crippen LogP contribution in [0.3, 0.4) is 0 Å². The zero-order chi connectivity index (χ0) is 20.5. The van der Waals surface area contributed by atoms with Crippen molar-refractivity contribution in [1.29, 1.82) is 0 Å². The van der Waals surface area contributed by atoms with Crippen molar-refractivity contribution in [1.82, 2.24) is 24.6 Å². The molecule has 1 aromatic heterocycles. The fourth-order valence-corrected chi connectivity index (χ4v) is 4.92. The van der Waals surface area contributed by atoms with Gasteiger partial charge in [0.2, 0.25) is 10.0 Å². The molecule has 3 heterocycles. The van der Waals surface area contributed by atoms with Crippen LogP contribution in [0.5, 0.6) is 0 Å². The summed E-state index contributed by atoms with van der Waals surface area (Å²) < 4.78 is 36.8. The number of aliphatic imine (C=N–C) groups is 1. The van der Waals surface area contributed by atoms with E-state index in [-0.39, 0.29) is 5.75 Å². The number of piperazine rings is 1. The second kappa shape index (κ2) is 10.9. The summed E-state index contributed by atoms with van der Waals surface area (Å²) in [5.74, 6) is 0.738. The standard InChI is InChI=1S/C18H32N6O4S/c1-2-19-18(20-5-3-6-22-11-14-27-15-12-22)23-7-9-24(10-8-23)29(25,26)16-17-4-13-28-21-17/h4,13H,2-3,5-12,14-16H2,1H3,(H,19,20). The minimum absolute atomic E-state index is 0.126. The average molecular weight is 429 g/mol. The molecule has 1 N–H and O–H groups in total. The maximum atomic E-state index is 12.6. The van der Waals surface area contributed by atoms with E-state index in [0.717, 1.165) is 58.3 Å². The predicted molar refractivity (Wildman–Crippen MR) is 110 cm³/mol. The van der Waals surface area contributed by atoms with E-state index in [2.05, 4.69) is 20.3 Å². The van der Waals surface area contributed by atoms with Crippen LogP contribution >= 0.6 is 0 Å². The van der Waals surface area contributed by atoms with Crippen LogP contribution in [0, 0.1) is 0 Å². The van der Waals surface area contributed by atoms with Crippen LogP contribution < -0.4 is 5.32 Å². The third kappa shape index (κ3) is 6.66. The van der Waals surface area contributed by atoms with Gasteiger partial charge in [0.05, 0.1) is 18.9 Å². The second-order valence-electron chi connectivity index (χ2n) is 7.18. The molecule has 0 aliphatic carbocycles. The maximum absolute atomic E-state index is 12.6. The Morgan fingerprint density at radius 3 is 2.62 bits per heavy atom. The lowest BCUT2D eigenvalue weighted by Gasteiger charge is -2.35. The van der Waals surface area contributed by atoms with Crippen molar-refractivity contribution >= 4 is 16.0 Å². The molecule has 10 nitrogen and oxygen atoms in total. The lowest BCUT2D eigenvalue weighted by Crippen LogP contribution is -2.54. The van der Waals surface area contributed by atoms with Crippen molar-refractivity contribution < 1.29 is 17.7 Å². The van der Waals surface area contributed by atoms with Gasteiger partial charge < -0.3 is 19.5 Å². The highest BCUT2D eigenvalue weighted by Crippen LogP contribution is 2.13. The van der Waals surface area contributed by atoms with Gasteiger partial charge in [-0.05, 0) is 13.3 Å². The molecule has 11 heteroatoms. The molecule has 29 heavy (non-hydrogen) atoms. The molecule has 0 aromatic carbocycles. The molecule has 0 radical (unpaired) electrons. The van der Waals surface area contributed by atoms with Crippen molar-refractivity contribution in [2.75, 3.05) is 72.1 Å². The Labute approximate surface area is 172 Å². The highest BCUT2D eigenvalue weighted by Gasteiger charge is 2.29. The summed E-state index contributed by atoms with van der Waals surface area (Å²) in [6, 6.07) is 1.58. The van der Waals surface area contributed by atoms with E-state index in [1.54, 1.807) is 6.07 Å². The van der Waals surface area contributed by atoms with Gasteiger partial charge in [-0.25, -0.2) is 8.42 Å². The summed E-state index contributed by atoms with van der Waals surface area (Å²) >= 11 is 0. The van der Waals surface area contributed by atoms with Crippen molar-refractivity contribution in [2.45, 2.75) is 19.1 Å². The highest BCUT2D eigenvalue weighted by molar-refractivity contribution is 7.88. The number of morpholine rings is 1. The second-order valence-corrected chi connectivity index (χ2v) is 9.15. The molecule has 0 spiro atoms. The largest absolute Gasteiger partial charge is 0.379 e. The molecule has 2 aliphatic heterocycles. The molecule has 2 saturated heterocycles. The van der Waals surface area contributed by atoms with Gasteiger partial charge in [0.25, 0.3) is 0 Å². The van der Waals surface area contributed by atoms with Crippen LogP contribution in [0.1, 0.15) is 19.0 Å². The number of rotatable bonds is 8. The van der Waals surface area contributed by atoms with Crippen LogP contribution in [-0.2, 0) is 20.5 Å². The Balaban J connectivity index is 1.47. The van der Waals surface area contributed by atoms with Crippen molar-refractivity contribution in [3.63, 3.8) is 0 Å². The molecule has 0 unspecified atom stereocenters. The van der Waals surface area contributed by atoms with Crippen LogP contribution in [0.15, 0.2) is 21.8 Å². The summed E-state index contributed by atoms with van der Waals surface area (Å²) in [5, 5.41) is 7.04. The minimum Gasteiger partial charge on any atom is -0.379 e. The average Bonchev–Trinajstić information content (AvgIpc) is 3.23. The summed E-state index contributed by atoms with van der Waals surface area (Å²) in [7, 11) is -3.39. The van der Waals surface area contributed by atoms with E-state index in [0.29, 0.717) is 31.9 Å². The monoisotopic (exact) mass is 428 g/mol. The summed E-state index contributed by atoms with van der Waals surface area (Å²) in [4.78, 5) is 9.30. The molecule has 1 aromatic rings. The molecule has 3 rings (SSSR count). The van der Waals surface area contributed by atoms with Crippen molar-refractivity contribution in [2.24, 2.45) is 4.99 Å². The molecule has 0 bridgehead atoms. The van der Waals surface area contributed by atoms with Crippen LogP contribution in [0.2, 0.25) is 0 Å². The van der Waals surface area contributed by atoms with Crippen molar-refractivity contribution in [3.8, 4) is 0 Å². The Bertz CT molecular complexity index is 726. The minimum atomic E-state index is -3.39. The van der Waals surface area contributed by atoms with E-state index < -0.39 is 10.0 Å². The first-order chi connectivity index (χ1) is 14.1. The van der Waals surface area contributed by atoms with E-state index in [4.69, 9.17) is 14.3 Å². The first kappa shape index (κ1) is 22.0. The molecule has 0 atom stereocenters. The smallest absolute Gasteiger partial charge is 0.220 e. The lowest BCUT2D eigenvalue weighted by molar-refractivity contribution is 0.0377. The molecule has 0 amide bonds. The molecule has 2 aliphatic rings. The number of ether oxygens (including phenoxy) is 1. The van der Waals surface area contributed by atoms with Crippen molar-refractivity contribution in [3.05, 3.63) is 18.0 Å². The molecular weight excluding hydrogens is 396 g/mol. The van der Waals surface area contributed by atoms with Crippen LogP contribution in [0.25, 0.3) is 0 Å². The van der Waals surface area contributed by atoms with Gasteiger partial charge in [0.15, 0.2) is 5.96 Å². The summed E-state index contributed by atoms with van der Waals surface area (Å²) in [5.41, 5.74) is 0.433. The SMILES string of the molecule is CCNC(=NCCCN1CCOCC1)N1CCN(S(=O)(=O)Cc2ccon2)CC1. The summed E-state index contributed by atoms with van der Waals surface area (Å²) in [6.07, 6.45) is 2.39. The van der Waals surface area contributed by atoms with Gasteiger partial charge in [-0.1, -0.05) is 5.16 Å². The normalized spacial score (nSPS) is 20.2. The summed E-state index contributed by atoms with van der Waals surface area (Å²) in [6.45, 7) is 10.4. The van der Waals surface area contributed by atoms with E-state index in [1.807, 2.05) is 6.92 Å². The van der Waals surface area contributed by atoms with Crippen LogP contribution in [0.4, 0.5) is 0 Å². The molecule has 0 saturated carbocycles. The topological polar surface area (TPSA) is 104 Å². The molecule has 2 fully saturated rings. The van der Waals surface area contributed by atoms with E-state index >= 15 is 0 Å². The Morgan fingerprint density at radius 2 is 1.97 bits per heavy atom. The van der Waals surface area contributed by atoms with Gasteiger partial charge >= 0.3 is 0 Å². The third-order valence-electron chi connectivity index (χ3n) is 5.09. The third-order valence-corrected chi connectivity index (χ3v) is 6.90.